The molecule has 0 aromatic carbocycles. The van der Waals surface area contributed by atoms with Gasteiger partial charge in [0.15, 0.2) is 0 Å². The third-order valence-electron chi connectivity index (χ3n) is 2.55. The van der Waals surface area contributed by atoms with E-state index in [0.717, 1.165) is 26.1 Å². The number of esters is 1. The van der Waals surface area contributed by atoms with E-state index in [9.17, 15) is 4.79 Å². The van der Waals surface area contributed by atoms with Gasteiger partial charge in [-0.25, -0.2) is 0 Å². The molecule has 15 heavy (non-hydrogen) atoms. The normalized spacial score (nSPS) is 24.9. The second-order valence-corrected chi connectivity index (χ2v) is 4.76. The van der Waals surface area contributed by atoms with Crippen molar-refractivity contribution in [2.75, 3.05) is 33.4 Å². The van der Waals surface area contributed by atoms with Crippen LogP contribution in [0.1, 0.15) is 13.3 Å². The van der Waals surface area contributed by atoms with Crippen molar-refractivity contribution in [3.8, 4) is 0 Å². The summed E-state index contributed by atoms with van der Waals surface area (Å²) >= 11 is 3.32. The lowest BCUT2D eigenvalue weighted by atomic mass is 10.2. The van der Waals surface area contributed by atoms with E-state index in [2.05, 4.69) is 32.5 Å². The fourth-order valence-electron chi connectivity index (χ4n) is 1.62. The molecule has 5 heteroatoms. The predicted octanol–water partition coefficient (Wildman–Crippen LogP) is 1.03. The molecule has 1 rings (SSSR count). The number of rotatable bonds is 4. The molecule has 0 radical (unpaired) electrons. The molecule has 1 aliphatic heterocycles. The van der Waals surface area contributed by atoms with Crippen LogP contribution in [0.4, 0.5) is 0 Å². The SMILES string of the molecule is CCC1CN(CC(Br)C(=O)OC)CCO1. The number of carbonyl (C=O) groups excluding carboxylic acids is 1. The summed E-state index contributed by atoms with van der Waals surface area (Å²) in [4.78, 5) is 13.2. The van der Waals surface area contributed by atoms with E-state index in [1.807, 2.05) is 0 Å². The number of halogens is 1. The Hall–Kier alpha value is -0.130. The van der Waals surface area contributed by atoms with E-state index in [1.165, 1.54) is 7.11 Å². The molecule has 4 nitrogen and oxygen atoms in total. The van der Waals surface area contributed by atoms with Gasteiger partial charge in [0.2, 0.25) is 0 Å². The van der Waals surface area contributed by atoms with Crippen molar-refractivity contribution in [3.63, 3.8) is 0 Å². The van der Waals surface area contributed by atoms with Crippen molar-refractivity contribution in [1.29, 1.82) is 0 Å². The molecule has 1 saturated heterocycles. The highest BCUT2D eigenvalue weighted by Gasteiger charge is 2.24. The van der Waals surface area contributed by atoms with Crippen molar-refractivity contribution in [3.05, 3.63) is 0 Å². The highest BCUT2D eigenvalue weighted by molar-refractivity contribution is 9.10. The van der Waals surface area contributed by atoms with Gasteiger partial charge in [0.05, 0.1) is 19.8 Å². The zero-order valence-electron chi connectivity index (χ0n) is 9.24. The highest BCUT2D eigenvalue weighted by atomic mass is 79.9. The Bertz CT molecular complexity index is 213. The third kappa shape index (κ3) is 4.09. The fraction of sp³-hybridized carbons (Fsp3) is 0.900. The summed E-state index contributed by atoms with van der Waals surface area (Å²) in [5.74, 6) is -0.213. The van der Waals surface area contributed by atoms with Crippen LogP contribution in [0.15, 0.2) is 0 Å². The van der Waals surface area contributed by atoms with Crippen LogP contribution in [0.2, 0.25) is 0 Å². The summed E-state index contributed by atoms with van der Waals surface area (Å²) in [6.45, 7) is 5.33. The number of alkyl halides is 1. The lowest BCUT2D eigenvalue weighted by Crippen LogP contribution is -2.45. The van der Waals surface area contributed by atoms with Gasteiger partial charge in [0, 0.05) is 19.6 Å². The van der Waals surface area contributed by atoms with Crippen LogP contribution in [0.3, 0.4) is 0 Å². The summed E-state index contributed by atoms with van der Waals surface area (Å²) in [7, 11) is 1.41. The first-order chi connectivity index (χ1) is 7.17. The van der Waals surface area contributed by atoms with Crippen molar-refractivity contribution in [2.24, 2.45) is 0 Å². The molecule has 0 bridgehead atoms. The van der Waals surface area contributed by atoms with Crippen LogP contribution < -0.4 is 0 Å². The van der Waals surface area contributed by atoms with E-state index < -0.39 is 0 Å². The number of nitrogens with zero attached hydrogens (tertiary/aromatic N) is 1. The topological polar surface area (TPSA) is 38.8 Å². The first-order valence-corrected chi connectivity index (χ1v) is 6.14. The smallest absolute Gasteiger partial charge is 0.320 e. The van der Waals surface area contributed by atoms with Crippen molar-refractivity contribution >= 4 is 21.9 Å². The van der Waals surface area contributed by atoms with Crippen LogP contribution in [-0.2, 0) is 14.3 Å². The number of hydrogen-bond acceptors (Lipinski definition) is 4. The molecule has 0 aliphatic carbocycles. The molecule has 1 aliphatic rings. The lowest BCUT2D eigenvalue weighted by Gasteiger charge is -2.33. The van der Waals surface area contributed by atoms with Gasteiger partial charge in [-0.1, -0.05) is 22.9 Å². The second-order valence-electron chi connectivity index (χ2n) is 3.65. The van der Waals surface area contributed by atoms with Crippen LogP contribution in [0.25, 0.3) is 0 Å². The first kappa shape index (κ1) is 12.9. The molecule has 1 fully saturated rings. The molecule has 0 amide bonds. The van der Waals surface area contributed by atoms with E-state index in [4.69, 9.17) is 4.74 Å². The lowest BCUT2D eigenvalue weighted by molar-refractivity contribution is -0.140. The Morgan fingerprint density at radius 3 is 3.07 bits per heavy atom. The number of morpholine rings is 1. The monoisotopic (exact) mass is 279 g/mol. The summed E-state index contributed by atoms with van der Waals surface area (Å²) in [6.07, 6.45) is 1.32. The number of ether oxygens (including phenoxy) is 2. The first-order valence-electron chi connectivity index (χ1n) is 5.23. The van der Waals surface area contributed by atoms with Crippen LogP contribution in [0.5, 0.6) is 0 Å². The summed E-state index contributed by atoms with van der Waals surface area (Å²) in [5, 5.41) is 0. The molecule has 0 aromatic rings. The van der Waals surface area contributed by atoms with Gasteiger partial charge in [-0.05, 0) is 6.42 Å². The quantitative estimate of drug-likeness (QED) is 0.569. The van der Waals surface area contributed by atoms with Crippen molar-refractivity contribution in [2.45, 2.75) is 24.3 Å². The van der Waals surface area contributed by atoms with Gasteiger partial charge in [0.25, 0.3) is 0 Å². The summed E-state index contributed by atoms with van der Waals surface area (Å²) < 4.78 is 10.2. The summed E-state index contributed by atoms with van der Waals surface area (Å²) in [6, 6.07) is 0. The second kappa shape index (κ2) is 6.45. The predicted molar refractivity (Wildman–Crippen MR) is 61.2 cm³/mol. The van der Waals surface area contributed by atoms with Crippen LogP contribution >= 0.6 is 15.9 Å². The minimum absolute atomic E-state index is 0.213. The van der Waals surface area contributed by atoms with Gasteiger partial charge >= 0.3 is 5.97 Å². The van der Waals surface area contributed by atoms with Crippen molar-refractivity contribution < 1.29 is 14.3 Å². The molecular weight excluding hydrogens is 262 g/mol. The van der Waals surface area contributed by atoms with Crippen LogP contribution in [0, 0.1) is 0 Å². The molecule has 1 heterocycles. The molecule has 88 valence electrons. The zero-order valence-corrected chi connectivity index (χ0v) is 10.8. The number of carbonyl (C=O) groups is 1. The standard InChI is InChI=1S/C10H18BrNO3/c1-3-8-6-12(4-5-15-8)7-9(11)10(13)14-2/h8-9H,3-7H2,1-2H3. The van der Waals surface area contributed by atoms with E-state index in [0.29, 0.717) is 12.6 Å². The van der Waals surface area contributed by atoms with E-state index >= 15 is 0 Å². The van der Waals surface area contributed by atoms with Gasteiger partial charge in [-0.15, -0.1) is 0 Å². The minimum Gasteiger partial charge on any atom is -0.468 e. The highest BCUT2D eigenvalue weighted by Crippen LogP contribution is 2.11. The average Bonchev–Trinajstić information content (AvgIpc) is 2.28. The van der Waals surface area contributed by atoms with Gasteiger partial charge in [-0.2, -0.15) is 0 Å². The Balaban J connectivity index is 2.34. The van der Waals surface area contributed by atoms with Gasteiger partial charge in [0.1, 0.15) is 4.83 Å². The van der Waals surface area contributed by atoms with Crippen LogP contribution in [-0.4, -0.2) is 55.2 Å². The molecular formula is C10H18BrNO3. The zero-order chi connectivity index (χ0) is 11.3. The number of hydrogen-bond donors (Lipinski definition) is 0. The molecule has 0 aromatic heterocycles. The Kier molecular flexibility index (Phi) is 5.56. The fourth-order valence-corrected chi connectivity index (χ4v) is 2.22. The average molecular weight is 280 g/mol. The molecule has 0 saturated carbocycles. The maximum absolute atomic E-state index is 11.2. The maximum Gasteiger partial charge on any atom is 0.320 e. The van der Waals surface area contributed by atoms with E-state index in [-0.39, 0.29) is 10.8 Å². The largest absolute Gasteiger partial charge is 0.468 e. The van der Waals surface area contributed by atoms with Crippen molar-refractivity contribution in [1.82, 2.24) is 4.90 Å². The Morgan fingerprint density at radius 2 is 2.47 bits per heavy atom. The minimum atomic E-state index is -0.238. The van der Waals surface area contributed by atoms with Gasteiger partial charge in [-0.3, -0.25) is 9.69 Å². The summed E-state index contributed by atoms with van der Waals surface area (Å²) in [5.41, 5.74) is 0. The van der Waals surface area contributed by atoms with Gasteiger partial charge < -0.3 is 9.47 Å². The molecule has 2 atom stereocenters. The maximum atomic E-state index is 11.2. The molecule has 2 unspecified atom stereocenters. The van der Waals surface area contributed by atoms with E-state index in [1.54, 1.807) is 0 Å². The Morgan fingerprint density at radius 1 is 1.73 bits per heavy atom. The number of methoxy groups -OCH3 is 1. The Labute approximate surface area is 99.0 Å². The molecule has 0 N–H and O–H groups in total. The third-order valence-corrected chi connectivity index (χ3v) is 3.22. The molecule has 0 spiro atoms.